The summed E-state index contributed by atoms with van der Waals surface area (Å²) in [5.74, 6) is 0.452. The maximum atomic E-state index is 11.9. The molecule has 1 fully saturated rings. The molecule has 1 heterocycles. The monoisotopic (exact) mass is 255 g/mol. The van der Waals surface area contributed by atoms with Gasteiger partial charge in [-0.3, -0.25) is 9.59 Å². The summed E-state index contributed by atoms with van der Waals surface area (Å²) in [6, 6.07) is 0.157. The molecule has 1 unspecified atom stereocenters. The molecule has 1 rings (SSSR count). The molecule has 1 aliphatic rings. The van der Waals surface area contributed by atoms with E-state index < -0.39 is 0 Å². The summed E-state index contributed by atoms with van der Waals surface area (Å²) in [5, 5.41) is 2.69. The number of amides is 2. The third-order valence-electron chi connectivity index (χ3n) is 3.36. The summed E-state index contributed by atoms with van der Waals surface area (Å²) in [6.07, 6.45) is 3.33. The minimum absolute atomic E-state index is 0.0131. The quantitative estimate of drug-likeness (QED) is 0.725. The molecule has 0 radical (unpaired) electrons. The lowest BCUT2D eigenvalue weighted by Gasteiger charge is -2.23. The van der Waals surface area contributed by atoms with Crippen LogP contribution in [0.2, 0.25) is 0 Å². The van der Waals surface area contributed by atoms with Crippen LogP contribution in [-0.4, -0.2) is 42.4 Å². The predicted octanol–water partition coefficient (Wildman–Crippen LogP) is 0.489. The summed E-state index contributed by atoms with van der Waals surface area (Å²) in [7, 11) is 0. The number of carbonyl (C=O) groups excluding carboxylic acids is 2. The summed E-state index contributed by atoms with van der Waals surface area (Å²) in [6.45, 7) is 5.53. The van der Waals surface area contributed by atoms with E-state index in [2.05, 4.69) is 19.2 Å². The molecule has 18 heavy (non-hydrogen) atoms. The molecule has 5 heteroatoms. The smallest absolute Gasteiger partial charge is 0.242 e. The Morgan fingerprint density at radius 3 is 2.78 bits per heavy atom. The third-order valence-corrected chi connectivity index (χ3v) is 3.36. The molecule has 1 saturated heterocycles. The average Bonchev–Trinajstić information content (AvgIpc) is 2.81. The second-order valence-electron chi connectivity index (χ2n) is 5.33. The first-order chi connectivity index (χ1) is 8.54. The highest BCUT2D eigenvalue weighted by molar-refractivity contribution is 5.85. The number of nitrogens with one attached hydrogen (secondary N) is 1. The van der Waals surface area contributed by atoms with Gasteiger partial charge >= 0.3 is 0 Å². The molecule has 104 valence electrons. The molecule has 2 amide bonds. The van der Waals surface area contributed by atoms with Crippen LogP contribution in [0, 0.1) is 5.92 Å². The average molecular weight is 255 g/mol. The zero-order valence-electron chi connectivity index (χ0n) is 11.4. The van der Waals surface area contributed by atoms with Crippen molar-refractivity contribution >= 4 is 11.8 Å². The Balaban J connectivity index is 2.26. The van der Waals surface area contributed by atoms with E-state index in [1.54, 1.807) is 4.90 Å². The van der Waals surface area contributed by atoms with Gasteiger partial charge in [-0.25, -0.2) is 0 Å². The Hall–Kier alpha value is -1.10. The van der Waals surface area contributed by atoms with Gasteiger partial charge in [0.15, 0.2) is 0 Å². The number of carbonyl (C=O) groups is 2. The fourth-order valence-electron chi connectivity index (χ4n) is 2.19. The van der Waals surface area contributed by atoms with Crippen molar-refractivity contribution in [2.75, 3.05) is 19.6 Å². The van der Waals surface area contributed by atoms with Gasteiger partial charge < -0.3 is 16.0 Å². The summed E-state index contributed by atoms with van der Waals surface area (Å²) in [4.78, 5) is 25.2. The van der Waals surface area contributed by atoms with Crippen molar-refractivity contribution in [3.8, 4) is 0 Å². The van der Waals surface area contributed by atoms with Gasteiger partial charge in [-0.05, 0) is 25.2 Å². The molecule has 0 aromatic carbocycles. The van der Waals surface area contributed by atoms with Crippen LogP contribution in [-0.2, 0) is 9.59 Å². The Bertz CT molecular complexity index is 292. The number of likely N-dealkylation sites (tertiary alicyclic amines) is 1. The largest absolute Gasteiger partial charge is 0.347 e. The summed E-state index contributed by atoms with van der Waals surface area (Å²) in [5.41, 5.74) is 5.62. The van der Waals surface area contributed by atoms with Crippen molar-refractivity contribution in [3.05, 3.63) is 0 Å². The molecule has 3 N–H and O–H groups in total. The van der Waals surface area contributed by atoms with Crippen LogP contribution < -0.4 is 11.1 Å². The van der Waals surface area contributed by atoms with E-state index in [4.69, 9.17) is 5.73 Å². The first kappa shape index (κ1) is 15.0. The van der Waals surface area contributed by atoms with Gasteiger partial charge in [-0.1, -0.05) is 13.8 Å². The lowest BCUT2D eigenvalue weighted by Crippen LogP contribution is -2.45. The lowest BCUT2D eigenvalue weighted by molar-refractivity contribution is -0.133. The van der Waals surface area contributed by atoms with Crippen LogP contribution in [0.15, 0.2) is 0 Å². The highest BCUT2D eigenvalue weighted by Crippen LogP contribution is 2.15. The van der Waals surface area contributed by atoms with Crippen LogP contribution in [0.25, 0.3) is 0 Å². The highest BCUT2D eigenvalue weighted by atomic mass is 16.2. The number of nitrogens with two attached hydrogens (primary N) is 1. The van der Waals surface area contributed by atoms with Gasteiger partial charge in [0.25, 0.3) is 0 Å². The first-order valence-corrected chi connectivity index (χ1v) is 6.80. The van der Waals surface area contributed by atoms with E-state index in [0.29, 0.717) is 18.9 Å². The maximum Gasteiger partial charge on any atom is 0.242 e. The molecule has 5 nitrogen and oxygen atoms in total. The molecule has 1 aliphatic heterocycles. The fraction of sp³-hybridized carbons (Fsp3) is 0.846. The third kappa shape index (κ3) is 4.64. The maximum absolute atomic E-state index is 11.9. The minimum Gasteiger partial charge on any atom is -0.347 e. The Morgan fingerprint density at radius 2 is 2.17 bits per heavy atom. The van der Waals surface area contributed by atoms with Crippen LogP contribution >= 0.6 is 0 Å². The molecule has 0 saturated carbocycles. The van der Waals surface area contributed by atoms with Gasteiger partial charge in [0.1, 0.15) is 0 Å². The number of hydrogen-bond acceptors (Lipinski definition) is 3. The predicted molar refractivity (Wildman–Crippen MR) is 70.9 cm³/mol. The summed E-state index contributed by atoms with van der Waals surface area (Å²) < 4.78 is 0. The SMILES string of the molecule is CC(C)CCC(=O)NCC(=O)N1CCCC1CN. The van der Waals surface area contributed by atoms with Crippen LogP contribution in [0.5, 0.6) is 0 Å². The standard InChI is InChI=1S/C13H25N3O2/c1-10(2)5-6-12(17)15-9-13(18)16-7-3-4-11(16)8-14/h10-11H,3-9,14H2,1-2H3,(H,15,17). The van der Waals surface area contributed by atoms with Gasteiger partial charge in [-0.2, -0.15) is 0 Å². The fourth-order valence-corrected chi connectivity index (χ4v) is 2.19. The Kier molecular flexibility index (Phi) is 6.12. The number of hydrogen-bond donors (Lipinski definition) is 2. The molecule has 1 atom stereocenters. The molecular formula is C13H25N3O2. The summed E-state index contributed by atoms with van der Waals surface area (Å²) >= 11 is 0. The van der Waals surface area contributed by atoms with Gasteiger partial charge in [0.2, 0.25) is 11.8 Å². The molecule has 0 spiro atoms. The normalized spacial score (nSPS) is 19.3. The number of rotatable bonds is 6. The van der Waals surface area contributed by atoms with Gasteiger partial charge in [0.05, 0.1) is 6.54 Å². The van der Waals surface area contributed by atoms with E-state index in [0.717, 1.165) is 25.8 Å². The van der Waals surface area contributed by atoms with Crippen molar-refractivity contribution in [1.82, 2.24) is 10.2 Å². The molecule has 0 bridgehead atoms. The van der Waals surface area contributed by atoms with Crippen molar-refractivity contribution in [1.29, 1.82) is 0 Å². The van der Waals surface area contributed by atoms with Crippen molar-refractivity contribution in [3.63, 3.8) is 0 Å². The topological polar surface area (TPSA) is 75.4 Å². The van der Waals surface area contributed by atoms with Crippen molar-refractivity contribution in [2.45, 2.75) is 45.6 Å². The molecule has 0 aliphatic carbocycles. The zero-order chi connectivity index (χ0) is 13.5. The number of nitrogens with zero attached hydrogens (tertiary/aromatic N) is 1. The highest BCUT2D eigenvalue weighted by Gasteiger charge is 2.27. The van der Waals surface area contributed by atoms with Crippen LogP contribution in [0.4, 0.5) is 0 Å². The molecule has 0 aromatic rings. The van der Waals surface area contributed by atoms with E-state index >= 15 is 0 Å². The van der Waals surface area contributed by atoms with E-state index in [1.165, 1.54) is 0 Å². The Morgan fingerprint density at radius 1 is 1.44 bits per heavy atom. The lowest BCUT2D eigenvalue weighted by atomic mass is 10.1. The van der Waals surface area contributed by atoms with Gasteiger partial charge in [-0.15, -0.1) is 0 Å². The van der Waals surface area contributed by atoms with E-state index in [1.807, 2.05) is 0 Å². The Labute approximate surface area is 109 Å². The van der Waals surface area contributed by atoms with E-state index in [-0.39, 0.29) is 24.4 Å². The van der Waals surface area contributed by atoms with Crippen molar-refractivity contribution < 1.29 is 9.59 Å². The zero-order valence-corrected chi connectivity index (χ0v) is 11.4. The van der Waals surface area contributed by atoms with E-state index in [9.17, 15) is 9.59 Å². The first-order valence-electron chi connectivity index (χ1n) is 6.80. The second-order valence-corrected chi connectivity index (χ2v) is 5.33. The van der Waals surface area contributed by atoms with Crippen LogP contribution in [0.1, 0.15) is 39.5 Å². The molecular weight excluding hydrogens is 230 g/mol. The van der Waals surface area contributed by atoms with Crippen LogP contribution in [0.3, 0.4) is 0 Å². The molecule has 0 aromatic heterocycles. The van der Waals surface area contributed by atoms with Crippen molar-refractivity contribution in [2.24, 2.45) is 11.7 Å². The van der Waals surface area contributed by atoms with Gasteiger partial charge in [0, 0.05) is 25.6 Å². The second kappa shape index (κ2) is 7.36. The minimum atomic E-state index is -0.0412.